The molecule has 2 rings (SSSR count). The molecule has 0 fully saturated rings. The molecule has 20 heavy (non-hydrogen) atoms. The molecule has 2 N–H and O–H groups in total. The van der Waals surface area contributed by atoms with Crippen LogP contribution in [0.1, 0.15) is 26.3 Å². The molecule has 0 saturated heterocycles. The predicted molar refractivity (Wildman–Crippen MR) is 74.9 cm³/mol. The van der Waals surface area contributed by atoms with E-state index in [2.05, 4.69) is 0 Å². The van der Waals surface area contributed by atoms with Crippen molar-refractivity contribution in [1.29, 1.82) is 0 Å². The minimum absolute atomic E-state index is 0.215. The summed E-state index contributed by atoms with van der Waals surface area (Å²) < 4.78 is 0. The van der Waals surface area contributed by atoms with Crippen molar-refractivity contribution in [2.24, 2.45) is 0 Å². The van der Waals surface area contributed by atoms with Crippen molar-refractivity contribution in [2.45, 2.75) is 0 Å². The molecule has 0 bridgehead atoms. The number of benzene rings is 2. The Balaban J connectivity index is 2.24. The van der Waals surface area contributed by atoms with Gasteiger partial charge in [0.15, 0.2) is 5.78 Å². The zero-order valence-corrected chi connectivity index (χ0v) is 10.5. The highest BCUT2D eigenvalue weighted by Crippen LogP contribution is 2.19. The molecule has 100 valence electrons. The van der Waals surface area contributed by atoms with E-state index in [4.69, 9.17) is 5.11 Å². The van der Waals surface area contributed by atoms with Gasteiger partial charge < -0.3 is 10.2 Å². The van der Waals surface area contributed by atoms with Crippen LogP contribution in [0.2, 0.25) is 0 Å². The largest absolute Gasteiger partial charge is 0.507 e. The van der Waals surface area contributed by atoms with Crippen LogP contribution < -0.4 is 0 Å². The molecule has 4 heteroatoms. The number of carbonyl (C=O) groups is 2. The van der Waals surface area contributed by atoms with Crippen molar-refractivity contribution in [1.82, 2.24) is 0 Å². The van der Waals surface area contributed by atoms with Gasteiger partial charge in [-0.05, 0) is 29.8 Å². The number of phenols is 1. The van der Waals surface area contributed by atoms with Gasteiger partial charge in [0.05, 0.1) is 0 Å². The van der Waals surface area contributed by atoms with Crippen LogP contribution in [0.25, 0.3) is 6.08 Å². The molecule has 0 aliphatic carbocycles. The van der Waals surface area contributed by atoms with Gasteiger partial charge in [-0.25, -0.2) is 4.79 Å². The summed E-state index contributed by atoms with van der Waals surface area (Å²) in [7, 11) is 0. The van der Waals surface area contributed by atoms with Gasteiger partial charge in [-0.15, -0.1) is 0 Å². The number of allylic oxidation sites excluding steroid dienone is 1. The van der Waals surface area contributed by atoms with Gasteiger partial charge in [-0.1, -0.05) is 36.4 Å². The van der Waals surface area contributed by atoms with Crippen molar-refractivity contribution in [3.8, 4) is 5.75 Å². The number of carboxylic acid groups (broad SMARTS) is 1. The van der Waals surface area contributed by atoms with Crippen LogP contribution in [0.3, 0.4) is 0 Å². The molecule has 0 unspecified atom stereocenters. The number of rotatable bonds is 4. The predicted octanol–water partition coefficient (Wildman–Crippen LogP) is 2.99. The van der Waals surface area contributed by atoms with Crippen molar-refractivity contribution in [2.75, 3.05) is 0 Å². The zero-order valence-electron chi connectivity index (χ0n) is 10.5. The Kier molecular flexibility index (Phi) is 3.96. The molecular formula is C16H12O4. The van der Waals surface area contributed by atoms with Crippen molar-refractivity contribution < 1.29 is 19.8 Å². The third kappa shape index (κ3) is 3.11. The van der Waals surface area contributed by atoms with Crippen LogP contribution in [-0.2, 0) is 0 Å². The van der Waals surface area contributed by atoms with Gasteiger partial charge in [-0.2, -0.15) is 0 Å². The molecule has 0 amide bonds. The Hall–Kier alpha value is -2.88. The zero-order chi connectivity index (χ0) is 14.5. The summed E-state index contributed by atoms with van der Waals surface area (Å²) in [4.78, 5) is 22.8. The SMILES string of the molecule is O=C(/C=C/c1ccccc1)c1ccc(O)c(C(=O)O)c1. The van der Waals surface area contributed by atoms with Gasteiger partial charge in [0.2, 0.25) is 0 Å². The topological polar surface area (TPSA) is 74.6 Å². The number of ketones is 1. The number of aromatic carboxylic acids is 1. The second-order valence-corrected chi connectivity index (χ2v) is 4.15. The lowest BCUT2D eigenvalue weighted by Gasteiger charge is -2.01. The van der Waals surface area contributed by atoms with E-state index in [0.29, 0.717) is 0 Å². The number of carboxylic acids is 1. The summed E-state index contributed by atoms with van der Waals surface area (Å²) in [6.07, 6.45) is 3.02. The van der Waals surface area contributed by atoms with E-state index in [1.165, 1.54) is 18.2 Å². The standard InChI is InChI=1S/C16H12O4/c17-14(8-6-11-4-2-1-3-5-11)12-7-9-15(18)13(10-12)16(19)20/h1-10,18H,(H,19,20)/b8-6+. The fourth-order valence-electron chi connectivity index (χ4n) is 1.69. The average Bonchev–Trinajstić information content (AvgIpc) is 2.46. The highest BCUT2D eigenvalue weighted by atomic mass is 16.4. The summed E-state index contributed by atoms with van der Waals surface area (Å²) in [6.45, 7) is 0. The first kappa shape index (κ1) is 13.5. The van der Waals surface area contributed by atoms with E-state index in [-0.39, 0.29) is 22.7 Å². The van der Waals surface area contributed by atoms with E-state index >= 15 is 0 Å². The number of hydrogen-bond donors (Lipinski definition) is 2. The minimum Gasteiger partial charge on any atom is -0.507 e. The van der Waals surface area contributed by atoms with Crippen LogP contribution in [0, 0.1) is 0 Å². The Morgan fingerprint density at radius 1 is 1.00 bits per heavy atom. The van der Waals surface area contributed by atoms with Crippen LogP contribution in [0.5, 0.6) is 5.75 Å². The lowest BCUT2D eigenvalue weighted by molar-refractivity contribution is 0.0693. The van der Waals surface area contributed by atoms with Gasteiger partial charge >= 0.3 is 5.97 Å². The molecule has 4 nitrogen and oxygen atoms in total. The Morgan fingerprint density at radius 2 is 1.70 bits per heavy atom. The van der Waals surface area contributed by atoms with Crippen LogP contribution in [0.15, 0.2) is 54.6 Å². The Bertz CT molecular complexity index is 672. The summed E-state index contributed by atoms with van der Waals surface area (Å²) in [5.41, 5.74) is 0.800. The lowest BCUT2D eigenvalue weighted by atomic mass is 10.1. The number of aromatic hydroxyl groups is 1. The lowest BCUT2D eigenvalue weighted by Crippen LogP contribution is -2.01. The molecule has 0 aliphatic heterocycles. The van der Waals surface area contributed by atoms with Gasteiger partial charge in [0.25, 0.3) is 0 Å². The summed E-state index contributed by atoms with van der Waals surface area (Å²) in [5, 5.41) is 18.3. The maximum atomic E-state index is 11.9. The van der Waals surface area contributed by atoms with E-state index < -0.39 is 5.97 Å². The second kappa shape index (κ2) is 5.84. The molecule has 0 atom stereocenters. The highest BCUT2D eigenvalue weighted by Gasteiger charge is 2.12. The molecule has 0 heterocycles. The van der Waals surface area contributed by atoms with Crippen molar-refractivity contribution >= 4 is 17.8 Å². The van der Waals surface area contributed by atoms with Crippen LogP contribution in [0.4, 0.5) is 0 Å². The summed E-state index contributed by atoms with van der Waals surface area (Å²) >= 11 is 0. The monoisotopic (exact) mass is 268 g/mol. The first-order chi connectivity index (χ1) is 9.58. The van der Waals surface area contributed by atoms with Gasteiger partial charge in [-0.3, -0.25) is 4.79 Å². The van der Waals surface area contributed by atoms with Crippen LogP contribution >= 0.6 is 0 Å². The van der Waals surface area contributed by atoms with E-state index in [0.717, 1.165) is 11.6 Å². The number of carbonyl (C=O) groups excluding carboxylic acids is 1. The maximum Gasteiger partial charge on any atom is 0.339 e. The maximum absolute atomic E-state index is 11.9. The molecule has 0 spiro atoms. The first-order valence-electron chi connectivity index (χ1n) is 5.91. The molecule has 0 radical (unpaired) electrons. The van der Waals surface area contributed by atoms with Gasteiger partial charge in [0.1, 0.15) is 11.3 Å². The normalized spacial score (nSPS) is 10.6. The van der Waals surface area contributed by atoms with Crippen LogP contribution in [-0.4, -0.2) is 22.0 Å². The fourth-order valence-corrected chi connectivity index (χ4v) is 1.69. The fraction of sp³-hybridized carbons (Fsp3) is 0. The smallest absolute Gasteiger partial charge is 0.339 e. The first-order valence-corrected chi connectivity index (χ1v) is 5.91. The third-order valence-electron chi connectivity index (χ3n) is 2.74. The van der Waals surface area contributed by atoms with Gasteiger partial charge in [0, 0.05) is 5.56 Å². The molecule has 2 aromatic carbocycles. The van der Waals surface area contributed by atoms with E-state index in [9.17, 15) is 14.7 Å². The van der Waals surface area contributed by atoms with E-state index in [1.54, 1.807) is 6.08 Å². The van der Waals surface area contributed by atoms with Crippen molar-refractivity contribution in [3.05, 3.63) is 71.3 Å². The molecule has 0 saturated carbocycles. The average molecular weight is 268 g/mol. The quantitative estimate of drug-likeness (QED) is 0.660. The summed E-state index contributed by atoms with van der Waals surface area (Å²) in [5.74, 6) is -1.96. The second-order valence-electron chi connectivity index (χ2n) is 4.15. The number of hydrogen-bond acceptors (Lipinski definition) is 3. The minimum atomic E-state index is -1.27. The third-order valence-corrected chi connectivity index (χ3v) is 2.74. The molecule has 0 aromatic heterocycles. The molecule has 2 aromatic rings. The molecule has 0 aliphatic rings. The van der Waals surface area contributed by atoms with Crippen molar-refractivity contribution in [3.63, 3.8) is 0 Å². The Morgan fingerprint density at radius 3 is 2.35 bits per heavy atom. The Labute approximate surface area is 115 Å². The highest BCUT2D eigenvalue weighted by molar-refractivity contribution is 6.08. The molecular weight excluding hydrogens is 256 g/mol. The van der Waals surface area contributed by atoms with E-state index in [1.807, 2.05) is 30.3 Å². The summed E-state index contributed by atoms with van der Waals surface area (Å²) in [6, 6.07) is 13.0.